The van der Waals surface area contributed by atoms with E-state index in [4.69, 9.17) is 0 Å². The van der Waals surface area contributed by atoms with Gasteiger partial charge in [0.25, 0.3) is 0 Å². The fourth-order valence-electron chi connectivity index (χ4n) is 0.407. The molecule has 2 nitrogen and oxygen atoms in total. The average molecular weight is 136 g/mol. The van der Waals surface area contributed by atoms with Gasteiger partial charge in [-0.15, -0.1) is 24.4 Å². The normalized spacial score (nSPS) is 33.0. The third-order valence-corrected chi connectivity index (χ3v) is 2.23. The molecule has 0 spiro atoms. The van der Waals surface area contributed by atoms with Gasteiger partial charge in [-0.05, 0) is 0 Å². The van der Waals surface area contributed by atoms with Crippen molar-refractivity contribution in [2.45, 2.75) is 4.71 Å². The second-order valence-electron chi connectivity index (χ2n) is 1.29. The highest BCUT2D eigenvalue weighted by atomic mass is 32.2. The van der Waals surface area contributed by atoms with Crippen LogP contribution in [0.4, 0.5) is 0 Å². The molecule has 4 heteroatoms. The molecule has 1 aliphatic heterocycles. The van der Waals surface area contributed by atoms with Crippen LogP contribution in [0.5, 0.6) is 0 Å². The van der Waals surface area contributed by atoms with Crippen LogP contribution in [0.1, 0.15) is 0 Å². The fourth-order valence-corrected chi connectivity index (χ4v) is 1.30. The smallest absolute Gasteiger partial charge is 0.0995 e. The third kappa shape index (κ3) is 1.90. The van der Waals surface area contributed by atoms with Crippen molar-refractivity contribution in [1.29, 1.82) is 0 Å². The molecule has 0 saturated carbocycles. The summed E-state index contributed by atoms with van der Waals surface area (Å²) in [5, 5.41) is 6.22. The zero-order chi connectivity index (χ0) is 5.11. The maximum Gasteiger partial charge on any atom is 0.0995 e. The SMILES string of the molecule is SC1NCNCS1. The molecule has 0 aromatic heterocycles. The van der Waals surface area contributed by atoms with Crippen LogP contribution in [0.15, 0.2) is 0 Å². The van der Waals surface area contributed by atoms with E-state index in [1.807, 2.05) is 0 Å². The first kappa shape index (κ1) is 5.75. The first-order chi connectivity index (χ1) is 3.39. The minimum Gasteiger partial charge on any atom is -0.295 e. The van der Waals surface area contributed by atoms with Crippen LogP contribution in [0.3, 0.4) is 0 Å². The van der Waals surface area contributed by atoms with Crippen molar-refractivity contribution in [2.24, 2.45) is 0 Å². The summed E-state index contributed by atoms with van der Waals surface area (Å²) in [6, 6.07) is 0. The summed E-state index contributed by atoms with van der Waals surface area (Å²) in [5.41, 5.74) is 0. The van der Waals surface area contributed by atoms with Crippen LogP contribution in [-0.2, 0) is 0 Å². The van der Waals surface area contributed by atoms with Crippen LogP contribution in [0.2, 0.25) is 0 Å². The quantitative estimate of drug-likeness (QED) is 0.410. The number of thiol groups is 1. The molecule has 1 fully saturated rings. The van der Waals surface area contributed by atoms with Crippen molar-refractivity contribution in [2.75, 3.05) is 12.5 Å². The lowest BCUT2D eigenvalue weighted by Crippen LogP contribution is -2.38. The fraction of sp³-hybridized carbons (Fsp3) is 1.00. The van der Waals surface area contributed by atoms with E-state index in [1.165, 1.54) is 0 Å². The molecular weight excluding hydrogens is 128 g/mol. The van der Waals surface area contributed by atoms with Gasteiger partial charge < -0.3 is 0 Å². The Hall–Kier alpha value is 0.620. The van der Waals surface area contributed by atoms with Gasteiger partial charge >= 0.3 is 0 Å². The van der Waals surface area contributed by atoms with Crippen LogP contribution in [0.25, 0.3) is 0 Å². The topological polar surface area (TPSA) is 24.1 Å². The summed E-state index contributed by atoms with van der Waals surface area (Å²) in [7, 11) is 0. The Bertz CT molecular complexity index is 52.9. The van der Waals surface area contributed by atoms with Crippen LogP contribution >= 0.6 is 24.4 Å². The minimum absolute atomic E-state index is 0.334. The summed E-state index contributed by atoms with van der Waals surface area (Å²) >= 11 is 5.93. The minimum atomic E-state index is 0.334. The maximum absolute atomic E-state index is 4.17. The lowest BCUT2D eigenvalue weighted by atomic mass is 11.0. The highest BCUT2D eigenvalue weighted by Gasteiger charge is 2.04. The molecule has 1 heterocycles. The monoisotopic (exact) mass is 136 g/mol. The Labute approximate surface area is 52.8 Å². The molecule has 7 heavy (non-hydrogen) atoms. The van der Waals surface area contributed by atoms with Crippen molar-refractivity contribution in [3.8, 4) is 0 Å². The standard InChI is InChI=1S/C3H8N2S2/c6-3-5-1-4-2-7-3/h3-6H,1-2H2. The van der Waals surface area contributed by atoms with Crippen molar-refractivity contribution >= 4 is 24.4 Å². The van der Waals surface area contributed by atoms with Crippen molar-refractivity contribution in [3.05, 3.63) is 0 Å². The maximum atomic E-state index is 4.17. The lowest BCUT2D eigenvalue weighted by Gasteiger charge is -2.18. The predicted molar refractivity (Wildman–Crippen MR) is 36.4 cm³/mol. The van der Waals surface area contributed by atoms with E-state index >= 15 is 0 Å². The molecule has 0 amide bonds. The molecule has 0 aromatic rings. The van der Waals surface area contributed by atoms with E-state index in [-0.39, 0.29) is 0 Å². The van der Waals surface area contributed by atoms with E-state index in [0.29, 0.717) is 4.71 Å². The molecule has 1 aliphatic rings. The van der Waals surface area contributed by atoms with Crippen LogP contribution in [0, 0.1) is 0 Å². The van der Waals surface area contributed by atoms with Gasteiger partial charge in [0.1, 0.15) is 0 Å². The van der Waals surface area contributed by atoms with E-state index in [2.05, 4.69) is 23.3 Å². The number of nitrogens with one attached hydrogen (secondary N) is 2. The molecule has 1 atom stereocenters. The number of hydrogen-bond donors (Lipinski definition) is 3. The summed E-state index contributed by atoms with van der Waals surface area (Å²) < 4.78 is 0.334. The van der Waals surface area contributed by atoms with Gasteiger partial charge in [0.05, 0.1) is 4.71 Å². The summed E-state index contributed by atoms with van der Waals surface area (Å²) in [4.78, 5) is 0. The molecule has 0 radical (unpaired) electrons. The van der Waals surface area contributed by atoms with Crippen molar-refractivity contribution < 1.29 is 0 Å². The van der Waals surface area contributed by atoms with Gasteiger partial charge in [-0.25, -0.2) is 0 Å². The summed E-state index contributed by atoms with van der Waals surface area (Å²) in [5.74, 6) is 1.02. The van der Waals surface area contributed by atoms with Gasteiger partial charge in [0.15, 0.2) is 0 Å². The zero-order valence-electron chi connectivity index (χ0n) is 3.85. The molecule has 0 aliphatic carbocycles. The Morgan fingerprint density at radius 2 is 2.57 bits per heavy atom. The molecule has 42 valence electrons. The summed E-state index contributed by atoms with van der Waals surface area (Å²) in [6.07, 6.45) is 0. The van der Waals surface area contributed by atoms with E-state index in [9.17, 15) is 0 Å². The number of thioether (sulfide) groups is 1. The van der Waals surface area contributed by atoms with Crippen molar-refractivity contribution in [1.82, 2.24) is 10.6 Å². The molecule has 1 saturated heterocycles. The Morgan fingerprint density at radius 3 is 2.86 bits per heavy atom. The molecule has 0 bridgehead atoms. The van der Waals surface area contributed by atoms with Crippen molar-refractivity contribution in [3.63, 3.8) is 0 Å². The number of rotatable bonds is 0. The Balaban J connectivity index is 2.12. The second kappa shape index (κ2) is 2.81. The highest BCUT2D eigenvalue weighted by molar-refractivity contribution is 8.10. The van der Waals surface area contributed by atoms with Crippen LogP contribution in [-0.4, -0.2) is 17.3 Å². The molecule has 2 N–H and O–H groups in total. The molecular formula is C3H8N2S2. The average Bonchev–Trinajstić information content (AvgIpc) is 1.69. The van der Waals surface area contributed by atoms with Crippen LogP contribution < -0.4 is 10.6 Å². The zero-order valence-corrected chi connectivity index (χ0v) is 5.56. The first-order valence-electron chi connectivity index (χ1n) is 2.13. The third-order valence-electron chi connectivity index (χ3n) is 0.745. The van der Waals surface area contributed by atoms with E-state index in [1.54, 1.807) is 11.8 Å². The first-order valence-corrected chi connectivity index (χ1v) is 3.70. The predicted octanol–water partition coefficient (Wildman–Crippen LogP) is 0.0408. The van der Waals surface area contributed by atoms with Gasteiger partial charge in [-0.1, -0.05) is 0 Å². The second-order valence-corrected chi connectivity index (χ2v) is 3.25. The Kier molecular flexibility index (Phi) is 2.31. The largest absolute Gasteiger partial charge is 0.295 e. The number of hydrogen-bond acceptors (Lipinski definition) is 4. The molecule has 1 unspecified atom stereocenters. The van der Waals surface area contributed by atoms with Gasteiger partial charge in [-0.2, -0.15) is 0 Å². The lowest BCUT2D eigenvalue weighted by molar-refractivity contribution is 0.647. The van der Waals surface area contributed by atoms with Gasteiger partial charge in [0, 0.05) is 12.5 Å². The highest BCUT2D eigenvalue weighted by Crippen LogP contribution is 2.11. The van der Waals surface area contributed by atoms with Gasteiger partial charge in [-0.3, -0.25) is 10.6 Å². The summed E-state index contributed by atoms with van der Waals surface area (Å²) in [6.45, 7) is 0.890. The van der Waals surface area contributed by atoms with Gasteiger partial charge in [0.2, 0.25) is 0 Å². The van der Waals surface area contributed by atoms with E-state index < -0.39 is 0 Å². The molecule has 1 rings (SSSR count). The molecule has 0 aromatic carbocycles. The Morgan fingerprint density at radius 1 is 1.71 bits per heavy atom. The van der Waals surface area contributed by atoms with E-state index in [0.717, 1.165) is 12.5 Å².